The highest BCUT2D eigenvalue weighted by Crippen LogP contribution is 2.57. The molecule has 0 radical (unpaired) electrons. The van der Waals surface area contributed by atoms with Gasteiger partial charge in [0.1, 0.15) is 24.4 Å². The van der Waals surface area contributed by atoms with E-state index in [2.05, 4.69) is 42.4 Å². The number of morpholine rings is 1. The van der Waals surface area contributed by atoms with Crippen LogP contribution in [0.5, 0.6) is 0 Å². The van der Waals surface area contributed by atoms with Crippen LogP contribution in [0.4, 0.5) is 0 Å². The van der Waals surface area contributed by atoms with Crippen LogP contribution in [0.2, 0.25) is 0 Å². The van der Waals surface area contributed by atoms with Gasteiger partial charge in [-0.25, -0.2) is 11.4 Å². The Morgan fingerprint density at radius 1 is 1.25 bits per heavy atom. The molecule has 1 aromatic rings. The molecule has 200 valence electrons. The second-order valence-corrected chi connectivity index (χ2v) is 11.9. The third kappa shape index (κ3) is 5.76. The van der Waals surface area contributed by atoms with Crippen LogP contribution in [-0.4, -0.2) is 90.5 Å². The number of nitrogens with zero attached hydrogens (tertiary/aromatic N) is 3. The average molecular weight is 525 g/mol. The monoisotopic (exact) mass is 524 g/mol. The molecule has 3 aliphatic heterocycles. The van der Waals surface area contributed by atoms with Gasteiger partial charge in [-0.05, 0) is 11.8 Å². The Bertz CT molecular complexity index is 1030. The topological polar surface area (TPSA) is 109 Å². The molecule has 11 nitrogen and oxygen atoms in total. The van der Waals surface area contributed by atoms with Gasteiger partial charge in [-0.3, -0.25) is 19.2 Å². The Morgan fingerprint density at radius 3 is 2.61 bits per heavy atom. The highest BCUT2D eigenvalue weighted by atomic mass is 31.2. The van der Waals surface area contributed by atoms with Crippen LogP contribution >= 0.6 is 8.38 Å². The van der Waals surface area contributed by atoms with Crippen LogP contribution in [0.25, 0.3) is 4.85 Å². The Balaban J connectivity index is 1.66. The fraction of sp³-hybridized carbons (Fsp3) is 0.792. The van der Waals surface area contributed by atoms with Crippen LogP contribution in [0, 0.1) is 18.4 Å². The van der Waals surface area contributed by atoms with Gasteiger partial charge in [0.25, 0.3) is 5.56 Å². The largest absolute Gasteiger partial charge is 0.379 e. The SMILES string of the molecule is [C-]#[N+]CCOP(OC1[C@@H]2OC[C@]1(CN1CCOCC1)O[C@H]2n1ccc(=O)[nH]c1=O)C(C(C)C)C(C)C. The first-order valence-corrected chi connectivity index (χ1v) is 13.8. The number of hydrogen-bond acceptors (Lipinski definition) is 8. The number of nitrogens with one attached hydrogen (secondary N) is 1. The first kappa shape index (κ1) is 27.4. The summed E-state index contributed by atoms with van der Waals surface area (Å²) < 4.78 is 32.8. The number of fused-ring (bicyclic) bond motifs is 2. The lowest BCUT2D eigenvalue weighted by Crippen LogP contribution is -2.53. The number of aromatic amines is 1. The fourth-order valence-corrected chi connectivity index (χ4v) is 7.53. The summed E-state index contributed by atoms with van der Waals surface area (Å²) in [5.41, 5.74) is -1.70. The number of rotatable bonds is 11. The van der Waals surface area contributed by atoms with Gasteiger partial charge < -0.3 is 28.1 Å². The summed E-state index contributed by atoms with van der Waals surface area (Å²) in [7, 11) is -1.39. The third-order valence-electron chi connectivity index (χ3n) is 6.94. The average Bonchev–Trinajstić information content (AvgIpc) is 3.30. The van der Waals surface area contributed by atoms with E-state index in [9.17, 15) is 9.59 Å². The second-order valence-electron chi connectivity index (χ2n) is 10.3. The lowest BCUT2D eigenvalue weighted by molar-refractivity contribution is -0.183. The van der Waals surface area contributed by atoms with Crippen LogP contribution in [-0.2, 0) is 23.3 Å². The Kier molecular flexibility index (Phi) is 9.00. The van der Waals surface area contributed by atoms with E-state index in [4.69, 9.17) is 29.8 Å². The zero-order chi connectivity index (χ0) is 25.9. The molecule has 4 rings (SSSR count). The molecule has 4 heterocycles. The maximum Gasteiger partial charge on any atom is 0.330 e. The summed E-state index contributed by atoms with van der Waals surface area (Å²) in [4.78, 5) is 32.3. The van der Waals surface area contributed by atoms with Crippen molar-refractivity contribution in [2.24, 2.45) is 11.8 Å². The number of aromatic nitrogens is 2. The molecule has 3 saturated heterocycles. The first-order chi connectivity index (χ1) is 17.3. The number of H-pyrrole nitrogens is 1. The molecule has 1 N–H and O–H groups in total. The van der Waals surface area contributed by atoms with Gasteiger partial charge in [0, 0.05) is 37.6 Å². The highest BCUT2D eigenvalue weighted by Gasteiger charge is 2.64. The molecule has 36 heavy (non-hydrogen) atoms. The molecular formula is C24H37N4O7P. The normalized spacial score (nSPS) is 29.3. The van der Waals surface area contributed by atoms with Gasteiger partial charge in [-0.1, -0.05) is 27.7 Å². The van der Waals surface area contributed by atoms with Crippen LogP contribution in [0.3, 0.4) is 0 Å². The van der Waals surface area contributed by atoms with Crippen LogP contribution < -0.4 is 11.2 Å². The van der Waals surface area contributed by atoms with Crippen molar-refractivity contribution in [1.29, 1.82) is 0 Å². The molecule has 0 aromatic carbocycles. The molecule has 1 aromatic heterocycles. The molecular weight excluding hydrogens is 487 g/mol. The summed E-state index contributed by atoms with van der Waals surface area (Å²) in [6.07, 6.45) is -0.340. The Labute approximate surface area is 212 Å². The Hall–Kier alpha value is -1.64. The fourth-order valence-electron chi connectivity index (χ4n) is 5.39. The van der Waals surface area contributed by atoms with Crippen molar-refractivity contribution in [1.82, 2.24) is 14.5 Å². The first-order valence-electron chi connectivity index (χ1n) is 12.6. The van der Waals surface area contributed by atoms with E-state index < -0.39 is 43.7 Å². The molecule has 5 atom stereocenters. The summed E-state index contributed by atoms with van der Waals surface area (Å²) in [6.45, 7) is 20.0. The summed E-state index contributed by atoms with van der Waals surface area (Å²) >= 11 is 0. The van der Waals surface area contributed by atoms with E-state index in [0.29, 0.717) is 44.8 Å². The van der Waals surface area contributed by atoms with Crippen molar-refractivity contribution in [3.63, 3.8) is 0 Å². The van der Waals surface area contributed by atoms with Gasteiger partial charge in [0.2, 0.25) is 6.54 Å². The maximum absolute atomic E-state index is 12.6. The molecule has 12 heteroatoms. The lowest BCUT2D eigenvalue weighted by Gasteiger charge is -2.39. The van der Waals surface area contributed by atoms with Crippen LogP contribution in [0.15, 0.2) is 21.9 Å². The molecule has 0 spiro atoms. The van der Waals surface area contributed by atoms with Gasteiger partial charge in [0.05, 0.1) is 19.8 Å². The number of ether oxygens (including phenoxy) is 3. The van der Waals surface area contributed by atoms with Gasteiger partial charge in [-0.2, -0.15) is 0 Å². The summed E-state index contributed by atoms with van der Waals surface area (Å²) in [5, 5.41) is 0. The van der Waals surface area contributed by atoms with Crippen molar-refractivity contribution in [2.45, 2.75) is 57.4 Å². The minimum Gasteiger partial charge on any atom is -0.379 e. The highest BCUT2D eigenvalue weighted by molar-refractivity contribution is 7.48. The van der Waals surface area contributed by atoms with Crippen molar-refractivity contribution >= 4 is 8.38 Å². The molecule has 0 amide bonds. The predicted octanol–water partition coefficient (Wildman–Crippen LogP) is 1.85. The van der Waals surface area contributed by atoms with E-state index in [-0.39, 0.29) is 12.2 Å². The van der Waals surface area contributed by atoms with E-state index in [0.717, 1.165) is 13.1 Å². The van der Waals surface area contributed by atoms with E-state index in [1.807, 2.05) is 0 Å². The molecule has 3 fully saturated rings. The van der Waals surface area contributed by atoms with Crippen molar-refractivity contribution < 1.29 is 23.3 Å². The van der Waals surface area contributed by atoms with Gasteiger partial charge in [0.15, 0.2) is 14.6 Å². The van der Waals surface area contributed by atoms with Gasteiger partial charge in [-0.15, -0.1) is 0 Å². The van der Waals surface area contributed by atoms with E-state index in [1.165, 1.54) is 16.8 Å². The molecule has 2 bridgehead atoms. The standard InChI is InChI=1S/C24H37N4O7P/c1-16(2)20(17(3)4)36(33-11-7-25-5)35-21-19-22(28-8-6-18(29)26-23(28)30)34-24(21,15-32-19)14-27-9-12-31-13-10-27/h6,8,16-17,19-22H,7,9-15H2,1-4H3,(H,26,29,30)/t19-,21?,22+,24-,36?/m0/s1. The minimum atomic E-state index is -1.39. The molecule has 0 aliphatic carbocycles. The molecule has 2 unspecified atom stereocenters. The van der Waals surface area contributed by atoms with Crippen LogP contribution in [0.1, 0.15) is 33.9 Å². The lowest BCUT2D eigenvalue weighted by atomic mass is 9.98. The second kappa shape index (κ2) is 11.8. The summed E-state index contributed by atoms with van der Waals surface area (Å²) in [5.74, 6) is 0.607. The third-order valence-corrected chi connectivity index (χ3v) is 9.49. The van der Waals surface area contributed by atoms with E-state index >= 15 is 0 Å². The quantitative estimate of drug-likeness (QED) is 0.266. The van der Waals surface area contributed by atoms with E-state index in [1.54, 1.807) is 0 Å². The predicted molar refractivity (Wildman–Crippen MR) is 134 cm³/mol. The zero-order valence-electron chi connectivity index (χ0n) is 21.4. The van der Waals surface area contributed by atoms with Crippen molar-refractivity contribution in [3.8, 4) is 0 Å². The van der Waals surface area contributed by atoms with Crippen molar-refractivity contribution in [3.05, 3.63) is 44.5 Å². The Morgan fingerprint density at radius 2 is 1.97 bits per heavy atom. The van der Waals surface area contributed by atoms with Crippen molar-refractivity contribution in [2.75, 3.05) is 52.6 Å². The maximum atomic E-state index is 12.6. The molecule has 3 aliphatic rings. The molecule has 0 saturated carbocycles. The van der Waals surface area contributed by atoms with Gasteiger partial charge >= 0.3 is 5.69 Å². The number of hydrogen-bond donors (Lipinski definition) is 1. The summed E-state index contributed by atoms with van der Waals surface area (Å²) in [6, 6.07) is 1.30. The zero-order valence-corrected chi connectivity index (χ0v) is 22.3. The smallest absolute Gasteiger partial charge is 0.330 e. The minimum absolute atomic E-state index is 0.139.